The second kappa shape index (κ2) is 4.46. The number of alkyl halides is 1. The molecule has 0 aromatic heterocycles. The number of fused-ring (bicyclic) bond motifs is 3. The molecule has 1 amide bonds. The van der Waals surface area contributed by atoms with Gasteiger partial charge < -0.3 is 9.47 Å². The van der Waals surface area contributed by atoms with Gasteiger partial charge in [0.1, 0.15) is 9.93 Å². The van der Waals surface area contributed by atoms with E-state index in [-0.39, 0.29) is 16.6 Å². The summed E-state index contributed by atoms with van der Waals surface area (Å²) in [5, 5.41) is 0. The normalized spacial score (nSPS) is 28.2. The van der Waals surface area contributed by atoms with Gasteiger partial charge in [0.05, 0.1) is 12.3 Å². The van der Waals surface area contributed by atoms with Gasteiger partial charge in [0.25, 0.3) is 0 Å². The van der Waals surface area contributed by atoms with Crippen LogP contribution in [-0.2, 0) is 13.8 Å². The third-order valence-corrected chi connectivity index (χ3v) is 4.78. The molecule has 0 spiro atoms. The smallest absolute Gasteiger partial charge is 0.417 e. The number of para-hydroxylation sites is 1. The minimum absolute atomic E-state index is 0.319. The van der Waals surface area contributed by atoms with E-state index in [0.29, 0.717) is 6.61 Å². The van der Waals surface area contributed by atoms with Gasteiger partial charge in [0, 0.05) is 0 Å². The Hall–Kier alpha value is -1.07. The predicted molar refractivity (Wildman–Crippen MR) is 80.1 cm³/mol. The highest BCUT2D eigenvalue weighted by atomic mass is 79.9. The molecule has 2 heterocycles. The van der Waals surface area contributed by atoms with E-state index in [0.717, 1.165) is 17.7 Å². The van der Waals surface area contributed by atoms with Crippen LogP contribution in [0.25, 0.3) is 0 Å². The molecule has 5 heteroatoms. The van der Waals surface area contributed by atoms with Crippen LogP contribution in [-0.4, -0.2) is 24.5 Å². The number of carbonyl (C=O) groups excluding carboxylic acids is 1. The molecule has 0 saturated carbocycles. The number of hydrogen-bond donors (Lipinski definition) is 0. The molecule has 1 aromatic carbocycles. The number of nitrogens with zero attached hydrogens (tertiary/aromatic N) is 1. The first kappa shape index (κ1) is 13.9. The lowest BCUT2D eigenvalue weighted by atomic mass is 9.98. The molecule has 20 heavy (non-hydrogen) atoms. The van der Waals surface area contributed by atoms with Crippen LogP contribution in [0.3, 0.4) is 0 Å². The van der Waals surface area contributed by atoms with E-state index in [1.54, 1.807) is 4.90 Å². The van der Waals surface area contributed by atoms with Crippen molar-refractivity contribution in [3.63, 3.8) is 0 Å². The van der Waals surface area contributed by atoms with Crippen molar-refractivity contribution < 1.29 is 14.3 Å². The quantitative estimate of drug-likeness (QED) is 0.675. The number of rotatable bonds is 0. The molecule has 3 rings (SSSR count). The number of amides is 1. The van der Waals surface area contributed by atoms with Gasteiger partial charge in [-0.1, -0.05) is 34.1 Å². The van der Waals surface area contributed by atoms with Crippen molar-refractivity contribution in [2.45, 2.75) is 43.3 Å². The van der Waals surface area contributed by atoms with E-state index in [2.05, 4.69) is 15.9 Å². The Morgan fingerprint density at radius 2 is 2.15 bits per heavy atom. The summed E-state index contributed by atoms with van der Waals surface area (Å²) in [4.78, 5) is 14.1. The fraction of sp³-hybridized carbons (Fsp3) is 0.533. The van der Waals surface area contributed by atoms with Gasteiger partial charge in [-0.3, -0.25) is 0 Å². The Labute approximate surface area is 127 Å². The summed E-state index contributed by atoms with van der Waals surface area (Å²) in [5.41, 5.74) is 1.43. The molecule has 2 atom stereocenters. The van der Waals surface area contributed by atoms with Crippen LogP contribution in [0.5, 0.6) is 0 Å². The van der Waals surface area contributed by atoms with E-state index in [4.69, 9.17) is 9.47 Å². The molecule has 2 aliphatic heterocycles. The highest BCUT2D eigenvalue weighted by molar-refractivity contribution is 9.09. The van der Waals surface area contributed by atoms with E-state index in [9.17, 15) is 4.79 Å². The minimum atomic E-state index is -0.526. The van der Waals surface area contributed by atoms with Crippen LogP contribution >= 0.6 is 15.9 Å². The van der Waals surface area contributed by atoms with Gasteiger partial charge >= 0.3 is 6.09 Å². The monoisotopic (exact) mass is 339 g/mol. The third-order valence-electron chi connectivity index (χ3n) is 3.57. The summed E-state index contributed by atoms with van der Waals surface area (Å²) in [6.07, 6.45) is 0.140. The number of anilines is 1. The van der Waals surface area contributed by atoms with Crippen molar-refractivity contribution in [2.24, 2.45) is 0 Å². The molecule has 0 radical (unpaired) electrons. The molecule has 0 unspecified atom stereocenters. The van der Waals surface area contributed by atoms with Gasteiger partial charge in [-0.25, -0.2) is 9.69 Å². The van der Waals surface area contributed by atoms with E-state index in [1.807, 2.05) is 45.0 Å². The molecule has 0 N–H and O–H groups in total. The summed E-state index contributed by atoms with van der Waals surface area (Å²) in [6, 6.07) is 7.88. The Bertz CT molecular complexity index is 554. The largest absolute Gasteiger partial charge is 0.443 e. The van der Waals surface area contributed by atoms with Gasteiger partial charge in [0.15, 0.2) is 6.23 Å². The zero-order valence-corrected chi connectivity index (χ0v) is 13.4. The Kier molecular flexibility index (Phi) is 3.10. The van der Waals surface area contributed by atoms with Gasteiger partial charge in [0.2, 0.25) is 0 Å². The topological polar surface area (TPSA) is 38.8 Å². The molecular weight excluding hydrogens is 322 g/mol. The van der Waals surface area contributed by atoms with Crippen molar-refractivity contribution in [3.8, 4) is 0 Å². The summed E-state index contributed by atoms with van der Waals surface area (Å²) in [5.74, 6) is 0. The average molecular weight is 340 g/mol. The second-order valence-corrected chi connectivity index (χ2v) is 7.62. The standard InChI is InChI=1S/C15H18BrNO3/c1-14(2,3)20-13(18)17-11-7-5-4-6-10(11)15(16)8-9-19-12(15)17/h4-7,12H,8-9H2,1-3H3/t12-,15+/m0/s1. The molecular formula is C15H18BrNO3. The summed E-state index contributed by atoms with van der Waals surface area (Å²) < 4.78 is 11.0. The number of ether oxygens (including phenoxy) is 2. The Morgan fingerprint density at radius 1 is 1.45 bits per heavy atom. The number of hydrogen-bond acceptors (Lipinski definition) is 3. The first-order valence-electron chi connectivity index (χ1n) is 6.75. The number of carbonyl (C=O) groups is 1. The first-order chi connectivity index (χ1) is 9.33. The van der Waals surface area contributed by atoms with E-state index in [1.165, 1.54) is 0 Å². The van der Waals surface area contributed by atoms with Crippen molar-refractivity contribution in [2.75, 3.05) is 11.5 Å². The van der Waals surface area contributed by atoms with Crippen molar-refractivity contribution >= 4 is 27.7 Å². The second-order valence-electron chi connectivity index (χ2n) is 6.20. The first-order valence-corrected chi connectivity index (χ1v) is 7.54. The fourth-order valence-corrected chi connectivity index (χ4v) is 3.62. The molecule has 2 aliphatic rings. The van der Waals surface area contributed by atoms with Crippen LogP contribution in [0.2, 0.25) is 0 Å². The highest BCUT2D eigenvalue weighted by Crippen LogP contribution is 2.55. The summed E-state index contributed by atoms with van der Waals surface area (Å²) >= 11 is 3.79. The lowest BCUT2D eigenvalue weighted by molar-refractivity contribution is 0.0411. The molecule has 1 saturated heterocycles. The summed E-state index contributed by atoms with van der Waals surface area (Å²) in [6.45, 7) is 6.22. The lowest BCUT2D eigenvalue weighted by Gasteiger charge is -2.29. The van der Waals surface area contributed by atoms with Gasteiger partial charge in [-0.15, -0.1) is 0 Å². The maximum Gasteiger partial charge on any atom is 0.417 e. The Balaban J connectivity index is 2.01. The number of benzene rings is 1. The fourth-order valence-electron chi connectivity index (χ4n) is 2.79. The lowest BCUT2D eigenvalue weighted by Crippen LogP contribution is -2.45. The number of halogens is 1. The van der Waals surface area contributed by atoms with E-state index < -0.39 is 5.60 Å². The summed E-state index contributed by atoms with van der Waals surface area (Å²) in [7, 11) is 0. The maximum atomic E-state index is 12.5. The molecule has 1 fully saturated rings. The molecule has 4 nitrogen and oxygen atoms in total. The van der Waals surface area contributed by atoms with Gasteiger partial charge in [-0.2, -0.15) is 0 Å². The molecule has 108 valence electrons. The molecule has 1 aromatic rings. The maximum absolute atomic E-state index is 12.5. The van der Waals surface area contributed by atoms with Crippen LogP contribution in [0.1, 0.15) is 32.8 Å². The average Bonchev–Trinajstić information content (AvgIpc) is 2.80. The molecule has 0 bridgehead atoms. The molecule has 0 aliphatic carbocycles. The van der Waals surface area contributed by atoms with Crippen molar-refractivity contribution in [3.05, 3.63) is 29.8 Å². The van der Waals surface area contributed by atoms with Crippen LogP contribution in [0.15, 0.2) is 24.3 Å². The van der Waals surface area contributed by atoms with Gasteiger partial charge in [-0.05, 0) is 38.8 Å². The third kappa shape index (κ3) is 2.04. The zero-order chi connectivity index (χ0) is 14.5. The minimum Gasteiger partial charge on any atom is -0.443 e. The van der Waals surface area contributed by atoms with Crippen LogP contribution in [0.4, 0.5) is 10.5 Å². The van der Waals surface area contributed by atoms with E-state index >= 15 is 0 Å². The predicted octanol–water partition coefficient (Wildman–Crippen LogP) is 3.78. The van der Waals surface area contributed by atoms with Crippen molar-refractivity contribution in [1.82, 2.24) is 0 Å². The van der Waals surface area contributed by atoms with Crippen LogP contribution < -0.4 is 4.90 Å². The SMILES string of the molecule is CC(C)(C)OC(=O)N1c2ccccc2[C@]2(Br)CCO[C@H]12. The Morgan fingerprint density at radius 3 is 2.85 bits per heavy atom. The zero-order valence-electron chi connectivity index (χ0n) is 11.9. The van der Waals surface area contributed by atoms with Crippen molar-refractivity contribution in [1.29, 1.82) is 0 Å². The van der Waals surface area contributed by atoms with Crippen LogP contribution in [0, 0.1) is 0 Å². The highest BCUT2D eigenvalue weighted by Gasteiger charge is 2.56.